The van der Waals surface area contributed by atoms with Gasteiger partial charge in [-0.2, -0.15) is 0 Å². The molecule has 2 heteroatoms. The lowest BCUT2D eigenvalue weighted by atomic mass is 10.0. The van der Waals surface area contributed by atoms with E-state index in [1.54, 1.807) is 0 Å². The molecule has 2 nitrogen and oxygen atoms in total. The normalized spacial score (nSPS) is 20.4. The molecule has 2 rings (SSSR count). The summed E-state index contributed by atoms with van der Waals surface area (Å²) in [5, 5.41) is 0. The van der Waals surface area contributed by atoms with Crippen LogP contribution in [0.15, 0.2) is 12.1 Å². The van der Waals surface area contributed by atoms with Crippen LogP contribution in [0.3, 0.4) is 0 Å². The van der Waals surface area contributed by atoms with E-state index < -0.39 is 0 Å². The van der Waals surface area contributed by atoms with Gasteiger partial charge in [0.2, 0.25) is 0 Å². The monoisotopic (exact) mass is 163 g/mol. The van der Waals surface area contributed by atoms with Crippen LogP contribution in [0.5, 0.6) is 5.75 Å². The summed E-state index contributed by atoms with van der Waals surface area (Å²) in [6.45, 7) is 4.79. The largest absolute Gasteiger partial charge is 0.491 e. The average molecular weight is 163 g/mol. The first-order valence-corrected chi connectivity index (χ1v) is 4.18. The van der Waals surface area contributed by atoms with Crippen LogP contribution in [-0.2, 0) is 0 Å². The SMILES string of the molecule is Cc1ccc2c(c1C)OC[C@@H]2N. The minimum absolute atomic E-state index is 0.0688. The van der Waals surface area contributed by atoms with Crippen molar-refractivity contribution >= 4 is 0 Å². The van der Waals surface area contributed by atoms with Crippen molar-refractivity contribution in [2.45, 2.75) is 19.9 Å². The van der Waals surface area contributed by atoms with Crippen molar-refractivity contribution in [1.29, 1.82) is 0 Å². The number of hydrogen-bond donors (Lipinski definition) is 1. The Bertz CT molecular complexity index is 320. The molecule has 0 spiro atoms. The highest BCUT2D eigenvalue weighted by atomic mass is 16.5. The lowest BCUT2D eigenvalue weighted by molar-refractivity contribution is 0.331. The van der Waals surface area contributed by atoms with Crippen molar-refractivity contribution in [3.63, 3.8) is 0 Å². The number of ether oxygens (including phenoxy) is 1. The van der Waals surface area contributed by atoms with Gasteiger partial charge in [0.15, 0.2) is 0 Å². The van der Waals surface area contributed by atoms with Crippen LogP contribution in [-0.4, -0.2) is 6.61 Å². The molecule has 0 aliphatic carbocycles. The number of fused-ring (bicyclic) bond motifs is 1. The van der Waals surface area contributed by atoms with E-state index in [9.17, 15) is 0 Å². The summed E-state index contributed by atoms with van der Waals surface area (Å²) < 4.78 is 5.50. The number of nitrogens with two attached hydrogens (primary N) is 1. The zero-order chi connectivity index (χ0) is 8.72. The van der Waals surface area contributed by atoms with E-state index in [0.29, 0.717) is 6.61 Å². The van der Waals surface area contributed by atoms with E-state index >= 15 is 0 Å². The highest BCUT2D eigenvalue weighted by Crippen LogP contribution is 2.35. The molecule has 1 aliphatic rings. The van der Waals surface area contributed by atoms with Gasteiger partial charge in [0.05, 0.1) is 6.04 Å². The Morgan fingerprint density at radius 3 is 2.92 bits per heavy atom. The predicted molar refractivity (Wildman–Crippen MR) is 48.3 cm³/mol. The number of benzene rings is 1. The molecule has 0 saturated carbocycles. The molecule has 1 aromatic rings. The van der Waals surface area contributed by atoms with E-state index in [2.05, 4.69) is 26.0 Å². The maximum Gasteiger partial charge on any atom is 0.127 e. The molecule has 1 heterocycles. The summed E-state index contributed by atoms with van der Waals surface area (Å²) in [6, 6.07) is 4.23. The van der Waals surface area contributed by atoms with E-state index in [0.717, 1.165) is 11.3 Å². The molecule has 0 unspecified atom stereocenters. The smallest absolute Gasteiger partial charge is 0.127 e. The molecule has 0 fully saturated rings. The predicted octanol–water partition coefficient (Wildman–Crippen LogP) is 1.70. The molecule has 0 saturated heterocycles. The molecule has 0 amide bonds. The topological polar surface area (TPSA) is 35.2 Å². The maximum atomic E-state index is 5.84. The molecule has 2 N–H and O–H groups in total. The van der Waals surface area contributed by atoms with Gasteiger partial charge in [-0.3, -0.25) is 0 Å². The Morgan fingerprint density at radius 2 is 2.17 bits per heavy atom. The minimum atomic E-state index is 0.0688. The van der Waals surface area contributed by atoms with Gasteiger partial charge in [0.1, 0.15) is 12.4 Å². The van der Waals surface area contributed by atoms with Gasteiger partial charge in [-0.15, -0.1) is 0 Å². The molecular weight excluding hydrogens is 150 g/mol. The molecule has 64 valence electrons. The fourth-order valence-corrected chi connectivity index (χ4v) is 1.56. The van der Waals surface area contributed by atoms with E-state index in [1.165, 1.54) is 11.1 Å². The summed E-state index contributed by atoms with van der Waals surface area (Å²) in [5.74, 6) is 1.00. The van der Waals surface area contributed by atoms with Gasteiger partial charge in [-0.1, -0.05) is 12.1 Å². The third kappa shape index (κ3) is 0.916. The third-order valence-electron chi connectivity index (χ3n) is 2.51. The lowest BCUT2D eigenvalue weighted by Crippen LogP contribution is -2.10. The Labute approximate surface area is 72.3 Å². The Morgan fingerprint density at radius 1 is 1.42 bits per heavy atom. The standard InChI is InChI=1S/C10H13NO/c1-6-3-4-8-9(11)5-12-10(8)7(6)2/h3-4,9H,5,11H2,1-2H3/t9-/m0/s1. The van der Waals surface area contributed by atoms with Gasteiger partial charge in [0, 0.05) is 5.56 Å². The van der Waals surface area contributed by atoms with Crippen molar-refractivity contribution in [3.05, 3.63) is 28.8 Å². The van der Waals surface area contributed by atoms with Crippen molar-refractivity contribution in [2.24, 2.45) is 5.73 Å². The van der Waals surface area contributed by atoms with Gasteiger partial charge in [-0.25, -0.2) is 0 Å². The second kappa shape index (κ2) is 2.49. The molecule has 0 aromatic heterocycles. The van der Waals surface area contributed by atoms with Gasteiger partial charge in [-0.05, 0) is 25.0 Å². The molecular formula is C10H13NO. The number of aryl methyl sites for hydroxylation is 1. The van der Waals surface area contributed by atoms with E-state index in [-0.39, 0.29) is 6.04 Å². The fourth-order valence-electron chi connectivity index (χ4n) is 1.56. The molecule has 12 heavy (non-hydrogen) atoms. The van der Waals surface area contributed by atoms with Gasteiger partial charge >= 0.3 is 0 Å². The summed E-state index contributed by atoms with van der Waals surface area (Å²) in [6.07, 6.45) is 0. The number of rotatable bonds is 0. The highest BCUT2D eigenvalue weighted by Gasteiger charge is 2.22. The lowest BCUT2D eigenvalue weighted by Gasteiger charge is -2.06. The average Bonchev–Trinajstić information content (AvgIpc) is 2.41. The minimum Gasteiger partial charge on any atom is -0.491 e. The highest BCUT2D eigenvalue weighted by molar-refractivity contribution is 5.48. The van der Waals surface area contributed by atoms with Gasteiger partial charge in [0.25, 0.3) is 0 Å². The zero-order valence-electron chi connectivity index (χ0n) is 7.42. The van der Waals surface area contributed by atoms with Crippen LogP contribution in [0.4, 0.5) is 0 Å². The maximum absolute atomic E-state index is 5.84. The third-order valence-corrected chi connectivity index (χ3v) is 2.51. The summed E-state index contributed by atoms with van der Waals surface area (Å²) in [7, 11) is 0. The zero-order valence-corrected chi connectivity index (χ0v) is 7.42. The Hall–Kier alpha value is -1.02. The van der Waals surface area contributed by atoms with Crippen LogP contribution >= 0.6 is 0 Å². The Kier molecular flexibility index (Phi) is 1.58. The number of hydrogen-bond acceptors (Lipinski definition) is 2. The second-order valence-electron chi connectivity index (χ2n) is 3.34. The van der Waals surface area contributed by atoms with Crippen molar-refractivity contribution in [2.75, 3.05) is 6.61 Å². The summed E-state index contributed by atoms with van der Waals surface area (Å²) in [5.41, 5.74) is 9.48. The van der Waals surface area contributed by atoms with Crippen molar-refractivity contribution in [3.8, 4) is 5.75 Å². The first-order chi connectivity index (χ1) is 5.70. The fraction of sp³-hybridized carbons (Fsp3) is 0.400. The first kappa shape index (κ1) is 7.62. The van der Waals surface area contributed by atoms with Crippen LogP contribution in [0, 0.1) is 13.8 Å². The van der Waals surface area contributed by atoms with Crippen LogP contribution < -0.4 is 10.5 Å². The Balaban J connectivity index is 2.60. The van der Waals surface area contributed by atoms with Crippen molar-refractivity contribution < 1.29 is 4.74 Å². The van der Waals surface area contributed by atoms with Gasteiger partial charge < -0.3 is 10.5 Å². The first-order valence-electron chi connectivity index (χ1n) is 4.18. The van der Waals surface area contributed by atoms with Crippen LogP contribution in [0.1, 0.15) is 22.7 Å². The molecule has 0 bridgehead atoms. The molecule has 1 aliphatic heterocycles. The van der Waals surface area contributed by atoms with Crippen LogP contribution in [0.25, 0.3) is 0 Å². The molecule has 1 aromatic carbocycles. The second-order valence-corrected chi connectivity index (χ2v) is 3.34. The summed E-state index contributed by atoms with van der Waals surface area (Å²) >= 11 is 0. The summed E-state index contributed by atoms with van der Waals surface area (Å²) in [4.78, 5) is 0. The van der Waals surface area contributed by atoms with E-state index in [4.69, 9.17) is 10.5 Å². The van der Waals surface area contributed by atoms with Crippen LogP contribution in [0.2, 0.25) is 0 Å². The quantitative estimate of drug-likeness (QED) is 0.631. The van der Waals surface area contributed by atoms with E-state index in [1.807, 2.05) is 0 Å². The molecule has 1 atom stereocenters. The molecule has 0 radical (unpaired) electrons. The van der Waals surface area contributed by atoms with Crippen molar-refractivity contribution in [1.82, 2.24) is 0 Å².